The first kappa shape index (κ1) is 14.5. The van der Waals surface area contributed by atoms with Crippen LogP contribution in [0, 0.1) is 0 Å². The van der Waals surface area contributed by atoms with Gasteiger partial charge in [-0.1, -0.05) is 12.1 Å². The molecule has 0 amide bonds. The van der Waals surface area contributed by atoms with Gasteiger partial charge in [0.1, 0.15) is 6.54 Å². The Morgan fingerprint density at radius 3 is 3.00 bits per heavy atom. The molecule has 2 aromatic heterocycles. The number of rotatable bonds is 9. The predicted octanol–water partition coefficient (Wildman–Crippen LogP) is -0.541. The van der Waals surface area contributed by atoms with Gasteiger partial charge in [0, 0.05) is 26.7 Å². The third-order valence-electron chi connectivity index (χ3n) is 2.72. The lowest BCUT2D eigenvalue weighted by Gasteiger charge is -2.02. The van der Waals surface area contributed by atoms with E-state index >= 15 is 0 Å². The number of methoxy groups -OCH3 is 1. The molecule has 0 bridgehead atoms. The molecule has 0 unspecified atom stereocenters. The van der Waals surface area contributed by atoms with Crippen molar-refractivity contribution in [1.29, 1.82) is 0 Å². The average Bonchev–Trinajstić information content (AvgIpc) is 3.06. The summed E-state index contributed by atoms with van der Waals surface area (Å²) in [6.45, 7) is 5.56. The highest BCUT2D eigenvalue weighted by Crippen LogP contribution is 1.99. The molecule has 0 spiro atoms. The van der Waals surface area contributed by atoms with Crippen molar-refractivity contribution < 1.29 is 4.74 Å². The molecule has 9 heteroatoms. The van der Waals surface area contributed by atoms with E-state index in [0.717, 1.165) is 31.0 Å². The highest BCUT2D eigenvalue weighted by atomic mass is 16.5. The lowest BCUT2D eigenvalue weighted by molar-refractivity contribution is 0.199. The summed E-state index contributed by atoms with van der Waals surface area (Å²) in [4.78, 5) is 0. The second-order valence-electron chi connectivity index (χ2n) is 4.40. The zero-order chi connectivity index (χ0) is 14.2. The number of hydrogen-bond donors (Lipinski definition) is 1. The van der Waals surface area contributed by atoms with Crippen LogP contribution in [0.3, 0.4) is 0 Å². The van der Waals surface area contributed by atoms with Gasteiger partial charge in [-0.25, -0.2) is 9.36 Å². The molecule has 0 radical (unpaired) electrons. The topological polar surface area (TPSA) is 95.6 Å². The molecule has 2 heterocycles. The molecule has 0 atom stereocenters. The van der Waals surface area contributed by atoms with Crippen molar-refractivity contribution in [3.63, 3.8) is 0 Å². The van der Waals surface area contributed by atoms with Crippen molar-refractivity contribution in [3.8, 4) is 0 Å². The number of ether oxygens (including phenoxy) is 1. The van der Waals surface area contributed by atoms with Crippen LogP contribution in [-0.4, -0.2) is 55.5 Å². The predicted molar refractivity (Wildman–Crippen MR) is 70.8 cm³/mol. The third kappa shape index (κ3) is 4.07. The maximum absolute atomic E-state index is 4.96. The summed E-state index contributed by atoms with van der Waals surface area (Å²) in [5.41, 5.74) is 0.885. The van der Waals surface area contributed by atoms with Gasteiger partial charge in [0.25, 0.3) is 0 Å². The molecule has 0 aliphatic carbocycles. The van der Waals surface area contributed by atoms with E-state index in [4.69, 9.17) is 4.74 Å². The Balaban J connectivity index is 1.87. The molecule has 0 saturated carbocycles. The Labute approximate surface area is 117 Å². The largest absolute Gasteiger partial charge is 0.383 e. The summed E-state index contributed by atoms with van der Waals surface area (Å²) in [5.74, 6) is 0.788. The fourth-order valence-corrected chi connectivity index (χ4v) is 1.75. The van der Waals surface area contributed by atoms with E-state index in [-0.39, 0.29) is 0 Å². The first-order valence-electron chi connectivity index (χ1n) is 6.67. The van der Waals surface area contributed by atoms with Crippen molar-refractivity contribution in [2.24, 2.45) is 0 Å². The van der Waals surface area contributed by atoms with Crippen LogP contribution in [0.1, 0.15) is 24.9 Å². The Morgan fingerprint density at radius 1 is 1.30 bits per heavy atom. The number of aromatic nitrogens is 7. The van der Waals surface area contributed by atoms with Crippen LogP contribution in [0.25, 0.3) is 0 Å². The molecule has 0 saturated heterocycles. The summed E-state index contributed by atoms with van der Waals surface area (Å²) < 4.78 is 8.49. The van der Waals surface area contributed by atoms with E-state index in [0.29, 0.717) is 19.7 Å². The molecule has 110 valence electrons. The molecule has 2 aromatic rings. The van der Waals surface area contributed by atoms with Gasteiger partial charge in [0.15, 0.2) is 5.82 Å². The van der Waals surface area contributed by atoms with Crippen LogP contribution < -0.4 is 5.32 Å². The van der Waals surface area contributed by atoms with Crippen LogP contribution in [-0.2, 0) is 24.4 Å². The summed E-state index contributed by atoms with van der Waals surface area (Å²) in [5, 5.41) is 23.0. The highest BCUT2D eigenvalue weighted by molar-refractivity contribution is 4.93. The van der Waals surface area contributed by atoms with Crippen LogP contribution in [0.5, 0.6) is 0 Å². The second-order valence-corrected chi connectivity index (χ2v) is 4.40. The van der Waals surface area contributed by atoms with E-state index in [1.165, 1.54) is 0 Å². The van der Waals surface area contributed by atoms with Crippen LogP contribution in [0.2, 0.25) is 0 Å². The molecule has 0 aromatic carbocycles. The van der Waals surface area contributed by atoms with Crippen LogP contribution >= 0.6 is 0 Å². The zero-order valence-electron chi connectivity index (χ0n) is 11.9. The monoisotopic (exact) mass is 280 g/mol. The number of nitrogens with zero attached hydrogens (tertiary/aromatic N) is 7. The van der Waals surface area contributed by atoms with Gasteiger partial charge in [-0.05, 0) is 16.8 Å². The number of aryl methyl sites for hydroxylation is 1. The van der Waals surface area contributed by atoms with Gasteiger partial charge < -0.3 is 10.1 Å². The minimum absolute atomic E-state index is 0.526. The number of hydrogen-bond acceptors (Lipinski definition) is 7. The molecule has 0 aliphatic rings. The van der Waals surface area contributed by atoms with Crippen LogP contribution in [0.4, 0.5) is 0 Å². The molecule has 9 nitrogen and oxygen atoms in total. The molecule has 20 heavy (non-hydrogen) atoms. The van der Waals surface area contributed by atoms with Crippen molar-refractivity contribution in [3.05, 3.63) is 17.7 Å². The summed E-state index contributed by atoms with van der Waals surface area (Å²) in [6, 6.07) is 0. The third-order valence-corrected chi connectivity index (χ3v) is 2.72. The van der Waals surface area contributed by atoms with Crippen molar-refractivity contribution in [2.75, 3.05) is 20.3 Å². The van der Waals surface area contributed by atoms with Crippen molar-refractivity contribution >= 4 is 0 Å². The van der Waals surface area contributed by atoms with Crippen molar-refractivity contribution in [1.82, 2.24) is 40.5 Å². The maximum atomic E-state index is 4.96. The highest BCUT2D eigenvalue weighted by Gasteiger charge is 2.08. The fraction of sp³-hybridized carbons (Fsp3) is 0.727. The lowest BCUT2D eigenvalue weighted by atomic mass is 10.4. The van der Waals surface area contributed by atoms with E-state index in [1.54, 1.807) is 16.5 Å². The Bertz CT molecular complexity index is 508. The molecule has 0 aliphatic heterocycles. The molecule has 0 fully saturated rings. The minimum Gasteiger partial charge on any atom is -0.383 e. The average molecular weight is 280 g/mol. The van der Waals surface area contributed by atoms with E-state index in [9.17, 15) is 0 Å². The summed E-state index contributed by atoms with van der Waals surface area (Å²) in [7, 11) is 1.68. The lowest BCUT2D eigenvalue weighted by Crippen LogP contribution is -2.18. The molecular formula is C11H20N8O. The molecule has 1 N–H and O–H groups in total. The first-order chi connectivity index (χ1) is 9.83. The van der Waals surface area contributed by atoms with E-state index in [1.807, 2.05) is 6.20 Å². The minimum atomic E-state index is 0.526. The van der Waals surface area contributed by atoms with Gasteiger partial charge in [0.05, 0.1) is 18.5 Å². The number of nitrogens with one attached hydrogen (secondary N) is 1. The number of tetrazole rings is 1. The SMILES string of the molecule is CCCn1nnnc1Cn1cc(CNCCOC)nn1. The Hall–Kier alpha value is -1.87. The quantitative estimate of drug-likeness (QED) is 0.616. The maximum Gasteiger partial charge on any atom is 0.172 e. The first-order valence-corrected chi connectivity index (χ1v) is 6.67. The fourth-order valence-electron chi connectivity index (χ4n) is 1.75. The standard InChI is InChI=1S/C11H20N8O/c1-3-5-19-11(14-15-17-19)9-18-8-10(13-16-18)7-12-4-6-20-2/h8,12H,3-7,9H2,1-2H3. The Kier molecular flexibility index (Phi) is 5.56. The molecule has 2 rings (SSSR count). The molecular weight excluding hydrogens is 260 g/mol. The van der Waals surface area contributed by atoms with Gasteiger partial charge in [-0.2, -0.15) is 0 Å². The van der Waals surface area contributed by atoms with Gasteiger partial charge in [-0.3, -0.25) is 0 Å². The van der Waals surface area contributed by atoms with Gasteiger partial charge in [-0.15, -0.1) is 10.2 Å². The smallest absolute Gasteiger partial charge is 0.172 e. The Morgan fingerprint density at radius 2 is 2.20 bits per heavy atom. The normalized spacial score (nSPS) is 11.1. The zero-order valence-corrected chi connectivity index (χ0v) is 11.9. The summed E-state index contributed by atoms with van der Waals surface area (Å²) >= 11 is 0. The van der Waals surface area contributed by atoms with E-state index in [2.05, 4.69) is 38.1 Å². The second kappa shape index (κ2) is 7.65. The van der Waals surface area contributed by atoms with Crippen LogP contribution in [0.15, 0.2) is 6.20 Å². The van der Waals surface area contributed by atoms with Crippen molar-refractivity contribution in [2.45, 2.75) is 33.0 Å². The van der Waals surface area contributed by atoms with Gasteiger partial charge >= 0.3 is 0 Å². The summed E-state index contributed by atoms with van der Waals surface area (Å²) in [6.07, 6.45) is 2.88. The van der Waals surface area contributed by atoms with E-state index < -0.39 is 0 Å². The van der Waals surface area contributed by atoms with Gasteiger partial charge in [0.2, 0.25) is 0 Å².